The Labute approximate surface area is 174 Å². The van der Waals surface area contributed by atoms with E-state index in [9.17, 15) is 18.0 Å². The van der Waals surface area contributed by atoms with Crippen molar-refractivity contribution in [1.82, 2.24) is 14.7 Å². The average Bonchev–Trinajstić information content (AvgIpc) is 3.04. The van der Waals surface area contributed by atoms with Gasteiger partial charge in [-0.2, -0.15) is 5.10 Å². The van der Waals surface area contributed by atoms with Crippen LogP contribution in [0.4, 0.5) is 13.2 Å². The van der Waals surface area contributed by atoms with Crippen molar-refractivity contribution in [2.45, 2.75) is 13.0 Å². The van der Waals surface area contributed by atoms with Gasteiger partial charge in [0.15, 0.2) is 0 Å². The van der Waals surface area contributed by atoms with Crippen LogP contribution in [-0.2, 0) is 6.67 Å². The number of hydrogen-bond acceptors (Lipinski definition) is 4. The number of hydrogen-bond donors (Lipinski definition) is 0. The van der Waals surface area contributed by atoms with E-state index in [0.29, 0.717) is 40.6 Å². The van der Waals surface area contributed by atoms with E-state index in [1.165, 1.54) is 30.5 Å². The van der Waals surface area contributed by atoms with Gasteiger partial charge in [-0.1, -0.05) is 29.8 Å². The summed E-state index contributed by atoms with van der Waals surface area (Å²) >= 11 is 5.88. The first kappa shape index (κ1) is 20.1. The fourth-order valence-electron chi connectivity index (χ4n) is 3.11. The molecule has 1 amide bonds. The molecule has 156 valence electrons. The topological polar surface area (TPSA) is 56.6 Å². The Bertz CT molecular complexity index is 1070. The summed E-state index contributed by atoms with van der Waals surface area (Å²) in [5.41, 5.74) is 1.65. The summed E-state index contributed by atoms with van der Waals surface area (Å²) in [4.78, 5) is 14.7. The fraction of sp³-hybridized carbons (Fsp3) is 0.200. The Hall–Kier alpha value is -3.20. The van der Waals surface area contributed by atoms with Gasteiger partial charge in [-0.25, -0.2) is 0 Å². The highest BCUT2D eigenvalue weighted by Crippen LogP contribution is 2.31. The Balaban J connectivity index is 1.59. The SMILES string of the molecule is O=C1c2cc(-c3ccc(OC(F)(F)F)cc3)ccc2OCCN1Cn1cc(Cl)cn1. The number of aromatic nitrogens is 2. The van der Waals surface area contributed by atoms with E-state index < -0.39 is 6.36 Å². The Morgan fingerprint density at radius 2 is 1.87 bits per heavy atom. The van der Waals surface area contributed by atoms with Gasteiger partial charge in [0.1, 0.15) is 24.8 Å². The molecule has 0 radical (unpaired) electrons. The molecule has 0 bridgehead atoms. The van der Waals surface area contributed by atoms with Crippen LogP contribution in [0.2, 0.25) is 5.02 Å². The molecule has 0 saturated heterocycles. The molecular weight excluding hydrogens is 423 g/mol. The van der Waals surface area contributed by atoms with Crippen LogP contribution >= 0.6 is 11.6 Å². The molecule has 10 heteroatoms. The second kappa shape index (κ2) is 7.91. The minimum atomic E-state index is -4.75. The molecule has 2 aromatic carbocycles. The van der Waals surface area contributed by atoms with Gasteiger partial charge in [-0.3, -0.25) is 9.48 Å². The summed E-state index contributed by atoms with van der Waals surface area (Å²) in [6.45, 7) is 0.891. The molecule has 0 spiro atoms. The van der Waals surface area contributed by atoms with Gasteiger partial charge in [0.25, 0.3) is 5.91 Å². The van der Waals surface area contributed by atoms with E-state index in [2.05, 4.69) is 9.84 Å². The molecule has 6 nitrogen and oxygen atoms in total. The quantitative estimate of drug-likeness (QED) is 0.599. The van der Waals surface area contributed by atoms with Gasteiger partial charge >= 0.3 is 6.36 Å². The zero-order chi connectivity index (χ0) is 21.3. The van der Waals surface area contributed by atoms with Crippen molar-refractivity contribution >= 4 is 17.5 Å². The molecule has 1 aromatic heterocycles. The number of ether oxygens (including phenoxy) is 2. The lowest BCUT2D eigenvalue weighted by molar-refractivity contribution is -0.274. The van der Waals surface area contributed by atoms with Crippen LogP contribution in [0.25, 0.3) is 11.1 Å². The lowest BCUT2D eigenvalue weighted by Crippen LogP contribution is -2.34. The number of nitrogens with zero attached hydrogens (tertiary/aromatic N) is 3. The van der Waals surface area contributed by atoms with Crippen LogP contribution in [0.1, 0.15) is 10.4 Å². The van der Waals surface area contributed by atoms with E-state index in [0.717, 1.165) is 0 Å². The van der Waals surface area contributed by atoms with E-state index in [4.69, 9.17) is 16.3 Å². The summed E-state index contributed by atoms with van der Waals surface area (Å²) < 4.78 is 48.1. The smallest absolute Gasteiger partial charge is 0.491 e. The Morgan fingerprint density at radius 3 is 2.53 bits per heavy atom. The average molecular weight is 438 g/mol. The second-order valence-corrected chi connectivity index (χ2v) is 6.98. The standard InChI is InChI=1S/C20H15ClF3N3O3/c21-15-10-25-27(11-15)12-26-7-8-29-18-6-3-14(9-17(18)19(26)28)13-1-4-16(5-2-13)30-20(22,23)24/h1-6,9-11H,7-8,12H2. The summed E-state index contributed by atoms with van der Waals surface area (Å²) in [6.07, 6.45) is -1.65. The number of amides is 1. The van der Waals surface area contributed by atoms with Crippen LogP contribution in [0.15, 0.2) is 54.9 Å². The third-order valence-electron chi connectivity index (χ3n) is 4.45. The molecule has 4 rings (SSSR count). The molecule has 2 heterocycles. The zero-order valence-electron chi connectivity index (χ0n) is 15.4. The number of alkyl halides is 3. The van der Waals surface area contributed by atoms with Crippen molar-refractivity contribution in [2.75, 3.05) is 13.2 Å². The second-order valence-electron chi connectivity index (χ2n) is 6.54. The predicted octanol–water partition coefficient (Wildman–Crippen LogP) is 4.59. The molecule has 3 aromatic rings. The van der Waals surface area contributed by atoms with Gasteiger partial charge in [0.05, 0.1) is 23.3 Å². The summed E-state index contributed by atoms with van der Waals surface area (Å²) in [6, 6.07) is 10.5. The van der Waals surface area contributed by atoms with Crippen molar-refractivity contribution < 1.29 is 27.4 Å². The largest absolute Gasteiger partial charge is 0.573 e. The number of benzene rings is 2. The van der Waals surface area contributed by atoms with Gasteiger partial charge in [-0.05, 0) is 35.4 Å². The van der Waals surface area contributed by atoms with E-state index in [1.54, 1.807) is 34.0 Å². The number of fused-ring (bicyclic) bond motifs is 1. The molecular formula is C20H15ClF3N3O3. The van der Waals surface area contributed by atoms with Crippen molar-refractivity contribution in [1.29, 1.82) is 0 Å². The van der Waals surface area contributed by atoms with Gasteiger partial charge in [-0.15, -0.1) is 13.2 Å². The third-order valence-corrected chi connectivity index (χ3v) is 4.65. The highest BCUT2D eigenvalue weighted by molar-refractivity contribution is 6.30. The molecule has 0 saturated carbocycles. The first-order chi connectivity index (χ1) is 14.3. The highest BCUT2D eigenvalue weighted by atomic mass is 35.5. The van der Waals surface area contributed by atoms with E-state index in [-0.39, 0.29) is 18.3 Å². The summed E-state index contributed by atoms with van der Waals surface area (Å²) in [5, 5.41) is 4.55. The fourth-order valence-corrected chi connectivity index (χ4v) is 3.27. The Kier molecular flexibility index (Phi) is 5.29. The maximum Gasteiger partial charge on any atom is 0.573 e. The molecule has 0 N–H and O–H groups in total. The summed E-state index contributed by atoms with van der Waals surface area (Å²) in [5.74, 6) is -0.112. The van der Waals surface area contributed by atoms with Crippen molar-refractivity contribution in [3.63, 3.8) is 0 Å². The maximum absolute atomic E-state index is 13.1. The number of halogens is 4. The van der Waals surface area contributed by atoms with Crippen molar-refractivity contribution in [3.05, 3.63) is 65.4 Å². The van der Waals surface area contributed by atoms with E-state index in [1.807, 2.05) is 0 Å². The molecule has 0 atom stereocenters. The van der Waals surface area contributed by atoms with Crippen molar-refractivity contribution in [2.24, 2.45) is 0 Å². The third kappa shape index (κ3) is 4.51. The predicted molar refractivity (Wildman–Crippen MR) is 102 cm³/mol. The molecule has 0 unspecified atom stereocenters. The van der Waals surface area contributed by atoms with Gasteiger partial charge in [0, 0.05) is 6.20 Å². The first-order valence-electron chi connectivity index (χ1n) is 8.89. The van der Waals surface area contributed by atoms with E-state index >= 15 is 0 Å². The molecule has 0 fully saturated rings. The van der Waals surface area contributed by atoms with Gasteiger partial charge < -0.3 is 14.4 Å². The van der Waals surface area contributed by atoms with Crippen molar-refractivity contribution in [3.8, 4) is 22.6 Å². The minimum absolute atomic E-state index is 0.210. The van der Waals surface area contributed by atoms with Crippen LogP contribution in [0.5, 0.6) is 11.5 Å². The van der Waals surface area contributed by atoms with Crippen LogP contribution < -0.4 is 9.47 Å². The lowest BCUT2D eigenvalue weighted by atomic mass is 10.0. The summed E-state index contributed by atoms with van der Waals surface area (Å²) in [7, 11) is 0. The molecule has 1 aliphatic heterocycles. The monoisotopic (exact) mass is 437 g/mol. The molecule has 30 heavy (non-hydrogen) atoms. The number of carbonyl (C=O) groups excluding carboxylic acids is 1. The highest BCUT2D eigenvalue weighted by Gasteiger charge is 2.31. The molecule has 1 aliphatic rings. The first-order valence-corrected chi connectivity index (χ1v) is 9.26. The maximum atomic E-state index is 13.1. The van der Waals surface area contributed by atoms with Gasteiger partial charge in [0.2, 0.25) is 0 Å². The zero-order valence-corrected chi connectivity index (χ0v) is 16.2. The van der Waals surface area contributed by atoms with Crippen LogP contribution in [0, 0.1) is 0 Å². The van der Waals surface area contributed by atoms with Crippen LogP contribution in [-0.4, -0.2) is 40.1 Å². The number of rotatable bonds is 4. The van der Waals surface area contributed by atoms with Crippen LogP contribution in [0.3, 0.4) is 0 Å². The Morgan fingerprint density at radius 1 is 1.13 bits per heavy atom. The lowest BCUT2D eigenvalue weighted by Gasteiger charge is -2.19. The number of carbonyl (C=O) groups is 1. The minimum Gasteiger partial charge on any atom is -0.491 e. The normalized spacial score (nSPS) is 14.1. The molecule has 0 aliphatic carbocycles.